The van der Waals surface area contributed by atoms with Gasteiger partial charge in [-0.25, -0.2) is 0 Å². The average Bonchev–Trinajstić information content (AvgIpc) is 2.74. The number of piperazine rings is 1. The lowest BCUT2D eigenvalue weighted by Gasteiger charge is -2.36. The SMILES string of the molecule is CN=C(NCCCN1CCN(c2cccc(C)c2)CC1)NCc1ccccn1. The zero-order valence-corrected chi connectivity index (χ0v) is 17.1. The third kappa shape index (κ3) is 6.23. The number of pyridine rings is 1. The van der Waals surface area contributed by atoms with Crippen LogP contribution in [0, 0.1) is 6.92 Å². The second kappa shape index (κ2) is 10.7. The van der Waals surface area contributed by atoms with Gasteiger partial charge in [0.05, 0.1) is 12.2 Å². The van der Waals surface area contributed by atoms with Crippen LogP contribution in [-0.2, 0) is 6.54 Å². The highest BCUT2D eigenvalue weighted by molar-refractivity contribution is 5.79. The predicted molar refractivity (Wildman–Crippen MR) is 117 cm³/mol. The van der Waals surface area contributed by atoms with E-state index in [4.69, 9.17) is 0 Å². The van der Waals surface area contributed by atoms with Gasteiger partial charge in [0.15, 0.2) is 5.96 Å². The molecule has 0 spiro atoms. The first-order valence-corrected chi connectivity index (χ1v) is 10.1. The van der Waals surface area contributed by atoms with E-state index in [0.717, 1.165) is 57.3 Å². The summed E-state index contributed by atoms with van der Waals surface area (Å²) in [4.78, 5) is 13.6. The summed E-state index contributed by atoms with van der Waals surface area (Å²) in [5, 5.41) is 6.70. The Morgan fingerprint density at radius 1 is 1.07 bits per heavy atom. The van der Waals surface area contributed by atoms with Crippen LogP contribution in [0.3, 0.4) is 0 Å². The largest absolute Gasteiger partial charge is 0.369 e. The number of nitrogens with zero attached hydrogens (tertiary/aromatic N) is 4. The van der Waals surface area contributed by atoms with E-state index >= 15 is 0 Å². The van der Waals surface area contributed by atoms with Gasteiger partial charge in [-0.05, 0) is 49.7 Å². The molecule has 0 unspecified atom stereocenters. The van der Waals surface area contributed by atoms with Crippen molar-refractivity contribution in [3.63, 3.8) is 0 Å². The summed E-state index contributed by atoms with van der Waals surface area (Å²) < 4.78 is 0. The van der Waals surface area contributed by atoms with Crippen LogP contribution < -0.4 is 15.5 Å². The summed E-state index contributed by atoms with van der Waals surface area (Å²) >= 11 is 0. The first-order chi connectivity index (χ1) is 13.7. The van der Waals surface area contributed by atoms with Gasteiger partial charge in [0, 0.05) is 51.7 Å². The third-order valence-corrected chi connectivity index (χ3v) is 5.07. The van der Waals surface area contributed by atoms with Crippen molar-refractivity contribution >= 4 is 11.6 Å². The number of benzene rings is 1. The molecule has 2 aromatic rings. The fourth-order valence-corrected chi connectivity index (χ4v) is 3.46. The van der Waals surface area contributed by atoms with Gasteiger partial charge < -0.3 is 15.5 Å². The van der Waals surface area contributed by atoms with Crippen molar-refractivity contribution in [3.05, 3.63) is 59.9 Å². The third-order valence-electron chi connectivity index (χ3n) is 5.07. The van der Waals surface area contributed by atoms with Crippen LogP contribution in [0.4, 0.5) is 5.69 Å². The summed E-state index contributed by atoms with van der Waals surface area (Å²) in [6.07, 6.45) is 2.92. The first kappa shape index (κ1) is 20.1. The second-order valence-corrected chi connectivity index (χ2v) is 7.19. The molecule has 1 aromatic carbocycles. The summed E-state index contributed by atoms with van der Waals surface area (Å²) in [6.45, 7) is 9.33. The number of rotatable bonds is 7. The van der Waals surface area contributed by atoms with Crippen molar-refractivity contribution in [2.45, 2.75) is 19.9 Å². The van der Waals surface area contributed by atoms with Gasteiger partial charge in [0.25, 0.3) is 0 Å². The zero-order chi connectivity index (χ0) is 19.6. The van der Waals surface area contributed by atoms with E-state index in [1.54, 1.807) is 7.05 Å². The van der Waals surface area contributed by atoms with Crippen molar-refractivity contribution in [2.24, 2.45) is 4.99 Å². The van der Waals surface area contributed by atoms with Gasteiger partial charge in [-0.1, -0.05) is 18.2 Å². The molecule has 1 aliphatic rings. The molecule has 6 nitrogen and oxygen atoms in total. The number of anilines is 1. The maximum Gasteiger partial charge on any atom is 0.191 e. The molecule has 1 fully saturated rings. The van der Waals surface area contributed by atoms with Gasteiger partial charge in [0.1, 0.15) is 0 Å². The molecule has 0 saturated carbocycles. The van der Waals surface area contributed by atoms with E-state index in [2.05, 4.69) is 61.6 Å². The molecule has 0 atom stereocenters. The minimum atomic E-state index is 0.682. The zero-order valence-electron chi connectivity index (χ0n) is 17.1. The molecule has 1 aromatic heterocycles. The highest BCUT2D eigenvalue weighted by Gasteiger charge is 2.16. The van der Waals surface area contributed by atoms with Gasteiger partial charge >= 0.3 is 0 Å². The number of hydrogen-bond donors (Lipinski definition) is 2. The maximum absolute atomic E-state index is 4.32. The van der Waals surface area contributed by atoms with E-state index in [1.807, 2.05) is 24.4 Å². The monoisotopic (exact) mass is 380 g/mol. The average molecular weight is 381 g/mol. The molecule has 2 N–H and O–H groups in total. The van der Waals surface area contributed by atoms with Gasteiger partial charge in [-0.3, -0.25) is 14.9 Å². The Labute approximate surface area is 168 Å². The highest BCUT2D eigenvalue weighted by atomic mass is 15.3. The van der Waals surface area contributed by atoms with Crippen molar-refractivity contribution in [3.8, 4) is 0 Å². The van der Waals surface area contributed by atoms with Crippen LogP contribution in [0.1, 0.15) is 17.7 Å². The summed E-state index contributed by atoms with van der Waals surface area (Å²) in [5.41, 5.74) is 3.69. The van der Waals surface area contributed by atoms with Crippen LogP contribution in [-0.4, -0.2) is 62.2 Å². The molecule has 0 aliphatic carbocycles. The first-order valence-electron chi connectivity index (χ1n) is 10.1. The van der Waals surface area contributed by atoms with E-state index in [0.29, 0.717) is 6.54 Å². The smallest absolute Gasteiger partial charge is 0.191 e. The Bertz CT molecular complexity index is 738. The molecule has 6 heteroatoms. The molecule has 1 aliphatic heterocycles. The standard InChI is InChI=1S/C22H32N6/c1-19-7-5-9-21(17-19)28-15-13-27(14-16-28)12-6-11-25-22(23-2)26-18-20-8-3-4-10-24-20/h3-5,7-10,17H,6,11-16,18H2,1-2H3,(H2,23,25,26). The maximum atomic E-state index is 4.32. The summed E-state index contributed by atoms with van der Waals surface area (Å²) in [7, 11) is 1.80. The van der Waals surface area contributed by atoms with Gasteiger partial charge in [0.2, 0.25) is 0 Å². The number of hydrogen-bond acceptors (Lipinski definition) is 4. The van der Waals surface area contributed by atoms with E-state index in [-0.39, 0.29) is 0 Å². The Hall–Kier alpha value is -2.60. The number of aryl methyl sites for hydroxylation is 1. The number of aliphatic imine (C=N–C) groups is 1. The van der Waals surface area contributed by atoms with Crippen LogP contribution in [0.2, 0.25) is 0 Å². The fourth-order valence-electron chi connectivity index (χ4n) is 3.46. The van der Waals surface area contributed by atoms with Gasteiger partial charge in [-0.15, -0.1) is 0 Å². The lowest BCUT2D eigenvalue weighted by molar-refractivity contribution is 0.255. The summed E-state index contributed by atoms with van der Waals surface area (Å²) in [6, 6.07) is 14.7. The van der Waals surface area contributed by atoms with Crippen molar-refractivity contribution in [1.29, 1.82) is 0 Å². The topological polar surface area (TPSA) is 55.8 Å². The Morgan fingerprint density at radius 2 is 1.93 bits per heavy atom. The summed E-state index contributed by atoms with van der Waals surface area (Å²) in [5.74, 6) is 0.829. The lowest BCUT2D eigenvalue weighted by atomic mass is 10.2. The Balaban J connectivity index is 1.31. The van der Waals surface area contributed by atoms with Crippen LogP contribution in [0.15, 0.2) is 53.7 Å². The van der Waals surface area contributed by atoms with E-state index < -0.39 is 0 Å². The predicted octanol–water partition coefficient (Wildman–Crippen LogP) is 2.27. The molecule has 0 radical (unpaired) electrons. The quantitative estimate of drug-likeness (QED) is 0.438. The fraction of sp³-hybridized carbons (Fsp3) is 0.455. The molecule has 0 bridgehead atoms. The molecule has 2 heterocycles. The number of nitrogens with one attached hydrogen (secondary N) is 2. The Morgan fingerprint density at radius 3 is 2.64 bits per heavy atom. The molecule has 28 heavy (non-hydrogen) atoms. The highest BCUT2D eigenvalue weighted by Crippen LogP contribution is 2.17. The van der Waals surface area contributed by atoms with Crippen LogP contribution in [0.25, 0.3) is 0 Å². The van der Waals surface area contributed by atoms with Crippen molar-refractivity contribution in [2.75, 3.05) is 51.2 Å². The second-order valence-electron chi connectivity index (χ2n) is 7.19. The number of aromatic nitrogens is 1. The minimum Gasteiger partial charge on any atom is -0.369 e. The van der Waals surface area contributed by atoms with Crippen molar-refractivity contribution < 1.29 is 0 Å². The normalized spacial score (nSPS) is 15.5. The molecular weight excluding hydrogens is 348 g/mol. The van der Waals surface area contributed by atoms with E-state index in [9.17, 15) is 0 Å². The molecular formula is C22H32N6. The van der Waals surface area contributed by atoms with E-state index in [1.165, 1.54) is 11.3 Å². The molecule has 150 valence electrons. The van der Waals surface area contributed by atoms with Crippen LogP contribution >= 0.6 is 0 Å². The van der Waals surface area contributed by atoms with Crippen LogP contribution in [0.5, 0.6) is 0 Å². The minimum absolute atomic E-state index is 0.682. The van der Waals surface area contributed by atoms with Gasteiger partial charge in [-0.2, -0.15) is 0 Å². The molecule has 3 rings (SSSR count). The molecule has 0 amide bonds. The lowest BCUT2D eigenvalue weighted by Crippen LogP contribution is -2.47. The van der Waals surface area contributed by atoms with Crippen molar-refractivity contribution in [1.82, 2.24) is 20.5 Å². The molecule has 1 saturated heterocycles. The Kier molecular flexibility index (Phi) is 7.67. The number of guanidine groups is 1.